The zero-order valence-electron chi connectivity index (χ0n) is 8.26. The Morgan fingerprint density at radius 1 is 1.31 bits per heavy atom. The van der Waals surface area contributed by atoms with Crippen LogP contribution in [-0.2, 0) is 6.42 Å². The molecule has 0 radical (unpaired) electrons. The fraction of sp³-hybridized carbons (Fsp3) is 0.455. The summed E-state index contributed by atoms with van der Waals surface area (Å²) in [4.78, 5) is 2.11. The number of hydrogen-bond donors (Lipinski definition) is 0. The maximum atomic E-state index is 5.68. The molecule has 0 saturated heterocycles. The van der Waals surface area contributed by atoms with Crippen LogP contribution in [0.1, 0.15) is 11.1 Å². The van der Waals surface area contributed by atoms with E-state index in [1.165, 1.54) is 11.1 Å². The zero-order valence-corrected chi connectivity index (χ0v) is 9.01. The maximum absolute atomic E-state index is 5.68. The first kappa shape index (κ1) is 10.6. The topological polar surface area (TPSA) is 3.24 Å². The van der Waals surface area contributed by atoms with Crippen LogP contribution in [0.3, 0.4) is 0 Å². The van der Waals surface area contributed by atoms with Crippen LogP contribution in [-0.4, -0.2) is 24.5 Å². The van der Waals surface area contributed by atoms with Crippen molar-refractivity contribution >= 4 is 11.6 Å². The minimum absolute atomic E-state index is 0.603. The summed E-state index contributed by atoms with van der Waals surface area (Å²) in [5.74, 6) is 0. The van der Waals surface area contributed by atoms with E-state index >= 15 is 0 Å². The van der Waals surface area contributed by atoms with Crippen molar-refractivity contribution in [3.63, 3.8) is 0 Å². The van der Waals surface area contributed by atoms with Gasteiger partial charge in [-0.15, -0.1) is 11.6 Å². The van der Waals surface area contributed by atoms with Crippen LogP contribution in [0.25, 0.3) is 0 Å². The van der Waals surface area contributed by atoms with Crippen LogP contribution in [0.2, 0.25) is 0 Å². The van der Waals surface area contributed by atoms with Gasteiger partial charge in [-0.25, -0.2) is 0 Å². The molecule has 0 atom stereocenters. The predicted octanol–water partition coefficient (Wildman–Crippen LogP) is 2.67. The molecule has 1 aromatic carbocycles. The quantitative estimate of drug-likeness (QED) is 0.530. The van der Waals surface area contributed by atoms with Gasteiger partial charge in [0.15, 0.2) is 0 Å². The normalized spacial score (nSPS) is 10.8. The summed E-state index contributed by atoms with van der Waals surface area (Å²) in [6.45, 7) is 3.17. The van der Waals surface area contributed by atoms with E-state index in [9.17, 15) is 0 Å². The van der Waals surface area contributed by atoms with Crippen LogP contribution < -0.4 is 0 Å². The first-order valence-electron chi connectivity index (χ1n) is 4.53. The lowest BCUT2D eigenvalue weighted by atomic mass is 10.1. The molecule has 0 saturated carbocycles. The number of likely N-dealkylation sites (N-methyl/N-ethyl adjacent to an activating group) is 1. The first-order valence-corrected chi connectivity index (χ1v) is 5.06. The Balaban J connectivity index is 2.50. The molecule has 0 spiro atoms. The molecular weight excluding hydrogens is 182 g/mol. The van der Waals surface area contributed by atoms with Crippen LogP contribution >= 0.6 is 11.6 Å². The third-order valence-electron chi connectivity index (χ3n) is 2.23. The minimum atomic E-state index is 0.603. The molecule has 1 nitrogen and oxygen atoms in total. The summed E-state index contributed by atoms with van der Waals surface area (Å²) in [7, 11) is 2.03. The molecule has 0 aliphatic carbocycles. The highest BCUT2D eigenvalue weighted by atomic mass is 35.5. The number of alkyl halides is 1. The first-order chi connectivity index (χ1) is 6.24. The second-order valence-corrected chi connectivity index (χ2v) is 3.61. The lowest BCUT2D eigenvalue weighted by molar-refractivity contribution is 0.394. The largest absolute Gasteiger partial charge is 0.293 e. The molecule has 1 rings (SSSR count). The van der Waals surface area contributed by atoms with Gasteiger partial charge in [0.05, 0.1) is 6.00 Å². The average molecular weight is 198 g/mol. The molecule has 0 unspecified atom stereocenters. The van der Waals surface area contributed by atoms with Gasteiger partial charge in [0.25, 0.3) is 0 Å². The van der Waals surface area contributed by atoms with E-state index in [0.717, 1.165) is 13.0 Å². The molecule has 72 valence electrons. The molecule has 13 heavy (non-hydrogen) atoms. The van der Waals surface area contributed by atoms with Gasteiger partial charge in [0, 0.05) is 6.54 Å². The molecule has 2 heteroatoms. The molecule has 0 N–H and O–H groups in total. The third kappa shape index (κ3) is 3.37. The SMILES string of the molecule is Cc1ccccc1CCN(C)CCl. The maximum Gasteiger partial charge on any atom is 0.0736 e. The van der Waals surface area contributed by atoms with Gasteiger partial charge in [-0.05, 0) is 31.5 Å². The molecule has 0 fully saturated rings. The number of halogens is 1. The van der Waals surface area contributed by atoms with Crippen molar-refractivity contribution in [2.45, 2.75) is 13.3 Å². The van der Waals surface area contributed by atoms with Crippen molar-refractivity contribution in [3.8, 4) is 0 Å². The molecule has 0 heterocycles. The van der Waals surface area contributed by atoms with Gasteiger partial charge in [0.1, 0.15) is 0 Å². The number of nitrogens with zero attached hydrogens (tertiary/aromatic N) is 1. The summed E-state index contributed by atoms with van der Waals surface area (Å²) in [6.07, 6.45) is 1.08. The summed E-state index contributed by atoms with van der Waals surface area (Å²) >= 11 is 5.68. The number of aryl methyl sites for hydroxylation is 1. The molecule has 0 aromatic heterocycles. The summed E-state index contributed by atoms with van der Waals surface area (Å²) < 4.78 is 0. The minimum Gasteiger partial charge on any atom is -0.293 e. The van der Waals surface area contributed by atoms with Gasteiger partial charge in [-0.2, -0.15) is 0 Å². The van der Waals surface area contributed by atoms with E-state index in [0.29, 0.717) is 6.00 Å². The Morgan fingerprint density at radius 3 is 2.62 bits per heavy atom. The second-order valence-electron chi connectivity index (χ2n) is 3.38. The van der Waals surface area contributed by atoms with Crippen molar-refractivity contribution in [1.82, 2.24) is 4.90 Å². The van der Waals surface area contributed by atoms with E-state index in [4.69, 9.17) is 11.6 Å². The Bertz CT molecular complexity index is 260. The molecule has 0 aliphatic rings. The molecule has 0 bridgehead atoms. The lowest BCUT2D eigenvalue weighted by Crippen LogP contribution is -2.19. The van der Waals surface area contributed by atoms with Crippen LogP contribution in [0.5, 0.6) is 0 Å². The van der Waals surface area contributed by atoms with Gasteiger partial charge in [-0.3, -0.25) is 4.90 Å². The van der Waals surface area contributed by atoms with Gasteiger partial charge in [-0.1, -0.05) is 24.3 Å². The number of benzene rings is 1. The Hall–Kier alpha value is -0.530. The monoisotopic (exact) mass is 197 g/mol. The molecular formula is C11H16ClN. The van der Waals surface area contributed by atoms with Gasteiger partial charge in [0.2, 0.25) is 0 Å². The highest BCUT2D eigenvalue weighted by Gasteiger charge is 1.99. The fourth-order valence-electron chi connectivity index (χ4n) is 1.26. The summed E-state index contributed by atoms with van der Waals surface area (Å²) in [6, 6.07) is 9.09. The highest BCUT2D eigenvalue weighted by Crippen LogP contribution is 2.07. The number of hydrogen-bond acceptors (Lipinski definition) is 1. The van der Waals surface area contributed by atoms with Gasteiger partial charge >= 0.3 is 0 Å². The van der Waals surface area contributed by atoms with E-state index in [1.807, 2.05) is 7.05 Å². The Morgan fingerprint density at radius 2 is 2.00 bits per heavy atom. The predicted molar refractivity (Wildman–Crippen MR) is 58.2 cm³/mol. The van der Waals surface area contributed by atoms with Crippen molar-refractivity contribution in [3.05, 3.63) is 35.4 Å². The lowest BCUT2D eigenvalue weighted by Gasteiger charge is -2.13. The van der Waals surface area contributed by atoms with Crippen LogP contribution in [0.4, 0.5) is 0 Å². The van der Waals surface area contributed by atoms with Crippen molar-refractivity contribution < 1.29 is 0 Å². The highest BCUT2D eigenvalue weighted by molar-refractivity contribution is 6.17. The van der Waals surface area contributed by atoms with E-state index in [2.05, 4.69) is 36.1 Å². The third-order valence-corrected chi connectivity index (χ3v) is 2.64. The van der Waals surface area contributed by atoms with Crippen molar-refractivity contribution in [2.75, 3.05) is 19.6 Å². The molecule has 1 aromatic rings. The standard InChI is InChI=1S/C11H16ClN/c1-10-5-3-4-6-11(10)7-8-13(2)9-12/h3-6H,7-9H2,1-2H3. The van der Waals surface area contributed by atoms with Crippen molar-refractivity contribution in [2.24, 2.45) is 0 Å². The molecule has 0 amide bonds. The second kappa shape index (κ2) is 5.25. The fourth-order valence-corrected chi connectivity index (χ4v) is 1.38. The van der Waals surface area contributed by atoms with E-state index < -0.39 is 0 Å². The van der Waals surface area contributed by atoms with Crippen LogP contribution in [0, 0.1) is 6.92 Å². The van der Waals surface area contributed by atoms with E-state index in [1.54, 1.807) is 0 Å². The van der Waals surface area contributed by atoms with Crippen molar-refractivity contribution in [1.29, 1.82) is 0 Å². The van der Waals surface area contributed by atoms with Gasteiger partial charge < -0.3 is 0 Å². The molecule has 0 aliphatic heterocycles. The summed E-state index contributed by atoms with van der Waals surface area (Å²) in [5, 5.41) is 0. The zero-order chi connectivity index (χ0) is 9.68. The smallest absolute Gasteiger partial charge is 0.0736 e. The number of rotatable bonds is 4. The Kier molecular flexibility index (Phi) is 4.26. The van der Waals surface area contributed by atoms with E-state index in [-0.39, 0.29) is 0 Å². The van der Waals surface area contributed by atoms with Crippen LogP contribution in [0.15, 0.2) is 24.3 Å². The average Bonchev–Trinajstić information content (AvgIpc) is 2.16. The summed E-state index contributed by atoms with van der Waals surface area (Å²) in [5.41, 5.74) is 2.78. The Labute approximate surface area is 85.3 Å².